The van der Waals surface area contributed by atoms with E-state index in [1.165, 1.54) is 0 Å². The van der Waals surface area contributed by atoms with Crippen molar-refractivity contribution < 1.29 is 0 Å². The van der Waals surface area contributed by atoms with E-state index in [0.29, 0.717) is 5.69 Å². The molecule has 0 bridgehead atoms. The third kappa shape index (κ3) is 1.72. The van der Waals surface area contributed by atoms with Crippen molar-refractivity contribution in [3.8, 4) is 11.4 Å². The van der Waals surface area contributed by atoms with Crippen LogP contribution in [0.2, 0.25) is 0 Å². The van der Waals surface area contributed by atoms with Gasteiger partial charge in [-0.2, -0.15) is 0 Å². The van der Waals surface area contributed by atoms with Gasteiger partial charge in [-0.1, -0.05) is 24.3 Å². The molecule has 3 heteroatoms. The van der Waals surface area contributed by atoms with Crippen LogP contribution in [-0.4, -0.2) is 9.97 Å². The number of nitrogen functional groups attached to an aromatic ring is 1. The van der Waals surface area contributed by atoms with Gasteiger partial charge in [0, 0.05) is 11.6 Å². The molecule has 0 saturated heterocycles. The molecule has 0 aliphatic carbocycles. The Balaban J connectivity index is 2.23. The maximum absolute atomic E-state index is 5.92. The highest BCUT2D eigenvalue weighted by Gasteiger charge is 2.03. The van der Waals surface area contributed by atoms with Crippen LogP contribution >= 0.6 is 0 Å². The number of nitrogens with zero attached hydrogens (tertiary/aromatic N) is 2. The molecule has 2 heterocycles. The molecule has 1 aromatic carbocycles. The molecule has 3 rings (SSSR count). The second-order valence-electron chi connectivity index (χ2n) is 3.83. The first-order valence-electron chi connectivity index (χ1n) is 5.41. The van der Waals surface area contributed by atoms with Crippen molar-refractivity contribution in [2.24, 2.45) is 0 Å². The molecule has 0 aliphatic rings. The van der Waals surface area contributed by atoms with Crippen LogP contribution in [0.5, 0.6) is 0 Å². The molecule has 0 unspecified atom stereocenters. The van der Waals surface area contributed by atoms with Gasteiger partial charge in [0.2, 0.25) is 0 Å². The minimum absolute atomic E-state index is 0.695. The first-order valence-corrected chi connectivity index (χ1v) is 5.41. The van der Waals surface area contributed by atoms with Gasteiger partial charge >= 0.3 is 0 Å². The lowest BCUT2D eigenvalue weighted by atomic mass is 10.1. The molecule has 0 amide bonds. The summed E-state index contributed by atoms with van der Waals surface area (Å²) in [6.07, 6.45) is 1.76. The molecule has 0 atom stereocenters. The van der Waals surface area contributed by atoms with Gasteiger partial charge in [-0.25, -0.2) is 4.98 Å². The summed E-state index contributed by atoms with van der Waals surface area (Å²) in [4.78, 5) is 8.84. The normalized spacial score (nSPS) is 10.6. The molecule has 3 aromatic rings. The molecule has 82 valence electrons. The Labute approximate surface area is 98.9 Å². The zero-order valence-corrected chi connectivity index (χ0v) is 9.17. The fourth-order valence-electron chi connectivity index (χ4n) is 1.83. The highest BCUT2D eigenvalue weighted by Crippen LogP contribution is 2.22. The Kier molecular flexibility index (Phi) is 2.22. The Morgan fingerprint density at radius 1 is 0.824 bits per heavy atom. The molecule has 3 nitrogen and oxygen atoms in total. The number of nitrogens with two attached hydrogens (primary N) is 1. The monoisotopic (exact) mass is 221 g/mol. The van der Waals surface area contributed by atoms with Gasteiger partial charge < -0.3 is 5.73 Å². The minimum Gasteiger partial charge on any atom is -0.397 e. The first-order chi connectivity index (χ1) is 8.34. The predicted molar refractivity (Wildman–Crippen MR) is 69.4 cm³/mol. The van der Waals surface area contributed by atoms with Gasteiger partial charge in [0.25, 0.3) is 0 Å². The summed E-state index contributed by atoms with van der Waals surface area (Å²) in [5.41, 5.74) is 9.15. The van der Waals surface area contributed by atoms with Crippen molar-refractivity contribution in [2.45, 2.75) is 0 Å². The van der Waals surface area contributed by atoms with Gasteiger partial charge in [-0.3, -0.25) is 4.98 Å². The summed E-state index contributed by atoms with van der Waals surface area (Å²) in [5, 5.41) is 1.05. The highest BCUT2D eigenvalue weighted by atomic mass is 14.8. The smallest absolute Gasteiger partial charge is 0.0939 e. The average Bonchev–Trinajstić information content (AvgIpc) is 2.40. The molecule has 0 saturated carbocycles. The topological polar surface area (TPSA) is 51.8 Å². The van der Waals surface area contributed by atoms with E-state index in [1.807, 2.05) is 48.5 Å². The van der Waals surface area contributed by atoms with Gasteiger partial charge in [0.15, 0.2) is 0 Å². The number of para-hydroxylation sites is 1. The van der Waals surface area contributed by atoms with Crippen molar-refractivity contribution in [1.82, 2.24) is 9.97 Å². The third-order valence-electron chi connectivity index (χ3n) is 2.68. The first kappa shape index (κ1) is 9.78. The lowest BCUT2D eigenvalue weighted by molar-refractivity contribution is 1.28. The van der Waals surface area contributed by atoms with Gasteiger partial charge in [-0.15, -0.1) is 0 Å². The van der Waals surface area contributed by atoms with E-state index in [-0.39, 0.29) is 0 Å². The number of rotatable bonds is 1. The fourth-order valence-corrected chi connectivity index (χ4v) is 1.83. The fraction of sp³-hybridized carbons (Fsp3) is 0. The number of aromatic nitrogens is 2. The molecule has 2 aromatic heterocycles. The standard InChI is InChI=1S/C14H11N3/c15-11-5-3-4-10-7-8-13(17-14(10)11)12-6-1-2-9-16-12/h1-9H,15H2. The van der Waals surface area contributed by atoms with E-state index >= 15 is 0 Å². The maximum Gasteiger partial charge on any atom is 0.0939 e. The van der Waals surface area contributed by atoms with Crippen LogP contribution in [0, 0.1) is 0 Å². The number of pyridine rings is 2. The Hall–Kier alpha value is -2.42. The van der Waals surface area contributed by atoms with Crippen LogP contribution in [-0.2, 0) is 0 Å². The molecule has 0 aliphatic heterocycles. The summed E-state index contributed by atoms with van der Waals surface area (Å²) in [6, 6.07) is 15.5. The zero-order chi connectivity index (χ0) is 11.7. The second kappa shape index (κ2) is 3.87. The Bertz CT molecular complexity index is 663. The van der Waals surface area contributed by atoms with Crippen molar-refractivity contribution in [3.05, 3.63) is 54.7 Å². The summed E-state index contributed by atoms with van der Waals surface area (Å²) < 4.78 is 0. The molecular formula is C14H11N3. The van der Waals surface area contributed by atoms with Gasteiger partial charge in [-0.05, 0) is 24.3 Å². The SMILES string of the molecule is Nc1cccc2ccc(-c3ccccn3)nc12. The number of anilines is 1. The van der Waals surface area contributed by atoms with E-state index in [9.17, 15) is 0 Å². The number of hydrogen-bond donors (Lipinski definition) is 1. The Morgan fingerprint density at radius 3 is 2.59 bits per heavy atom. The van der Waals surface area contributed by atoms with Crippen molar-refractivity contribution >= 4 is 16.6 Å². The van der Waals surface area contributed by atoms with Crippen molar-refractivity contribution in [2.75, 3.05) is 5.73 Å². The summed E-state index contributed by atoms with van der Waals surface area (Å²) in [7, 11) is 0. The van der Waals surface area contributed by atoms with Crippen molar-refractivity contribution in [1.29, 1.82) is 0 Å². The predicted octanol–water partition coefficient (Wildman–Crippen LogP) is 2.88. The zero-order valence-electron chi connectivity index (χ0n) is 9.17. The van der Waals surface area contributed by atoms with Crippen LogP contribution in [0.1, 0.15) is 0 Å². The van der Waals surface area contributed by atoms with Crippen LogP contribution < -0.4 is 5.73 Å². The molecule has 17 heavy (non-hydrogen) atoms. The number of hydrogen-bond acceptors (Lipinski definition) is 3. The Morgan fingerprint density at radius 2 is 1.76 bits per heavy atom. The molecule has 0 radical (unpaired) electrons. The summed E-state index contributed by atoms with van der Waals surface area (Å²) >= 11 is 0. The minimum atomic E-state index is 0.695. The number of benzene rings is 1. The maximum atomic E-state index is 5.92. The third-order valence-corrected chi connectivity index (χ3v) is 2.68. The highest BCUT2D eigenvalue weighted by molar-refractivity contribution is 5.90. The summed E-state index contributed by atoms with van der Waals surface area (Å²) in [5.74, 6) is 0. The van der Waals surface area contributed by atoms with E-state index in [4.69, 9.17) is 5.73 Å². The summed E-state index contributed by atoms with van der Waals surface area (Å²) in [6.45, 7) is 0. The van der Waals surface area contributed by atoms with Gasteiger partial charge in [0.05, 0.1) is 22.6 Å². The van der Waals surface area contributed by atoms with Crippen LogP contribution in [0.3, 0.4) is 0 Å². The number of fused-ring (bicyclic) bond motifs is 1. The molecule has 0 spiro atoms. The lowest BCUT2D eigenvalue weighted by Crippen LogP contribution is -1.92. The molecule has 2 N–H and O–H groups in total. The molecular weight excluding hydrogens is 210 g/mol. The van der Waals surface area contributed by atoms with Crippen LogP contribution in [0.25, 0.3) is 22.3 Å². The van der Waals surface area contributed by atoms with Gasteiger partial charge in [0.1, 0.15) is 0 Å². The van der Waals surface area contributed by atoms with Crippen LogP contribution in [0.15, 0.2) is 54.7 Å². The lowest BCUT2D eigenvalue weighted by Gasteiger charge is -2.04. The molecule has 0 fully saturated rings. The van der Waals surface area contributed by atoms with E-state index in [0.717, 1.165) is 22.3 Å². The van der Waals surface area contributed by atoms with Crippen molar-refractivity contribution in [3.63, 3.8) is 0 Å². The quantitative estimate of drug-likeness (QED) is 0.643. The van der Waals surface area contributed by atoms with Crippen LogP contribution in [0.4, 0.5) is 5.69 Å². The van der Waals surface area contributed by atoms with E-state index in [2.05, 4.69) is 9.97 Å². The largest absolute Gasteiger partial charge is 0.397 e. The average molecular weight is 221 g/mol. The van der Waals surface area contributed by atoms with E-state index < -0.39 is 0 Å². The van der Waals surface area contributed by atoms with E-state index in [1.54, 1.807) is 6.20 Å². The second-order valence-corrected chi connectivity index (χ2v) is 3.83.